The number of halogens is 1. The van der Waals surface area contributed by atoms with E-state index in [0.717, 1.165) is 54.0 Å². The predicted octanol–water partition coefficient (Wildman–Crippen LogP) is 6.07. The normalized spacial score (nSPS) is 17.1. The van der Waals surface area contributed by atoms with E-state index in [4.69, 9.17) is 21.3 Å². The minimum Gasteiger partial charge on any atom is -0.391 e. The molecule has 4 aromatic heterocycles. The van der Waals surface area contributed by atoms with E-state index in [0.29, 0.717) is 23.2 Å². The van der Waals surface area contributed by atoms with Crippen molar-refractivity contribution >= 4 is 63.6 Å². The summed E-state index contributed by atoms with van der Waals surface area (Å²) < 4.78 is 9.40. The zero-order chi connectivity index (χ0) is 49.1. The van der Waals surface area contributed by atoms with Crippen LogP contribution in [-0.4, -0.2) is 113 Å². The molecule has 0 spiro atoms. The van der Waals surface area contributed by atoms with Crippen LogP contribution < -0.4 is 16.0 Å². The zero-order valence-electron chi connectivity index (χ0n) is 39.6. The Labute approximate surface area is 413 Å². The maximum Gasteiger partial charge on any atom is 0.272 e. The third-order valence-electron chi connectivity index (χ3n) is 12.3. The number of rotatable bonds is 16. The molecular weight excluding hydrogens is 938 g/mol. The Balaban J connectivity index is 0.816. The summed E-state index contributed by atoms with van der Waals surface area (Å²) in [5.74, 6) is -0.334. The molecule has 2 aliphatic rings. The van der Waals surface area contributed by atoms with Crippen molar-refractivity contribution in [3.63, 3.8) is 0 Å². The molecule has 362 valence electrons. The number of benzene rings is 2. The number of carbonyl (C=O) groups is 4. The summed E-state index contributed by atoms with van der Waals surface area (Å²) in [6, 6.07) is 14.4. The summed E-state index contributed by atoms with van der Waals surface area (Å²) in [7, 11) is 0. The molecule has 20 heteroatoms. The first-order valence-corrected chi connectivity index (χ1v) is 24.8. The first kappa shape index (κ1) is 49.3. The van der Waals surface area contributed by atoms with Gasteiger partial charge in [-0.25, -0.2) is 4.98 Å². The van der Waals surface area contributed by atoms with Gasteiger partial charge in [0.25, 0.3) is 5.91 Å². The molecule has 8 rings (SSSR count). The highest BCUT2D eigenvalue weighted by molar-refractivity contribution is 7.15. The van der Waals surface area contributed by atoms with E-state index in [2.05, 4.69) is 50.1 Å². The molecule has 1 unspecified atom stereocenters. The summed E-state index contributed by atoms with van der Waals surface area (Å²) in [5, 5.41) is 34.2. The molecule has 6 heterocycles. The lowest BCUT2D eigenvalue weighted by molar-refractivity contribution is -0.142. The maximum absolute atomic E-state index is 14.2. The summed E-state index contributed by atoms with van der Waals surface area (Å²) in [6.07, 6.45) is 0.870. The van der Waals surface area contributed by atoms with Gasteiger partial charge in [-0.05, 0) is 68.0 Å². The number of likely N-dealkylation sites (tertiary alicyclic amines) is 1. The lowest BCUT2D eigenvalue weighted by Crippen LogP contribution is -2.57. The van der Waals surface area contributed by atoms with E-state index in [1.165, 1.54) is 4.90 Å². The Bertz CT molecular complexity index is 2880. The average molecular weight is 995 g/mol. The minimum absolute atomic E-state index is 0.0404. The van der Waals surface area contributed by atoms with Gasteiger partial charge in [0.05, 0.1) is 54.1 Å². The van der Waals surface area contributed by atoms with Crippen LogP contribution in [0.4, 0.5) is 0 Å². The topological polar surface area (TPSA) is 211 Å². The molecule has 69 heavy (non-hydrogen) atoms. The smallest absolute Gasteiger partial charge is 0.272 e. The van der Waals surface area contributed by atoms with E-state index in [1.54, 1.807) is 39.6 Å². The molecule has 4 amide bonds. The van der Waals surface area contributed by atoms with Crippen LogP contribution in [0.2, 0.25) is 5.02 Å². The van der Waals surface area contributed by atoms with Gasteiger partial charge in [-0.15, -0.1) is 32.9 Å². The van der Waals surface area contributed by atoms with Gasteiger partial charge in [0.15, 0.2) is 5.82 Å². The van der Waals surface area contributed by atoms with Crippen LogP contribution in [-0.2, 0) is 32.2 Å². The standard InChI is InChI=1S/C49H56ClN11O6S2/c1-27-29(3)69-48-40(27)41(32-12-14-34(50)15-13-32)54-37(44-57-56-30(4)61(44)48)23-39(63)51-17-20-67-21-19-59-18-16-36(58-59)45(64)55-43(49(5,6)7)47(66)60-25-35(62)22-38(60)46(65)52-24-31-8-10-33(11-9-31)42-28(2)53-26-68-42/h8-16,18,26,35,37-38,43,62H,17,19-25H2,1-7H3,(H,51,63)(H,52,65)(H,55,64)/t35-,37+,38+,43?/m1/s1. The van der Waals surface area contributed by atoms with Crippen LogP contribution in [0.1, 0.15) is 94.6 Å². The van der Waals surface area contributed by atoms with Crippen molar-refractivity contribution < 1.29 is 29.0 Å². The highest BCUT2D eigenvalue weighted by Crippen LogP contribution is 2.40. The van der Waals surface area contributed by atoms with Crippen LogP contribution in [0.15, 0.2) is 71.3 Å². The molecule has 0 bridgehead atoms. The number of aryl methyl sites for hydroxylation is 3. The Morgan fingerprint density at radius 1 is 0.957 bits per heavy atom. The van der Waals surface area contributed by atoms with Crippen molar-refractivity contribution in [3.05, 3.63) is 121 Å². The van der Waals surface area contributed by atoms with Crippen LogP contribution in [0.3, 0.4) is 0 Å². The number of ether oxygens (including phenoxy) is 1. The second-order valence-electron chi connectivity index (χ2n) is 18.4. The number of thiophene rings is 1. The van der Waals surface area contributed by atoms with Crippen LogP contribution in [0.5, 0.6) is 0 Å². The van der Waals surface area contributed by atoms with Crippen molar-refractivity contribution in [2.75, 3.05) is 26.3 Å². The number of aliphatic imine (C=N–C) groups is 1. The van der Waals surface area contributed by atoms with Gasteiger partial charge < -0.3 is 30.7 Å². The van der Waals surface area contributed by atoms with Gasteiger partial charge in [-0.1, -0.05) is 68.8 Å². The van der Waals surface area contributed by atoms with E-state index in [1.807, 2.05) is 93.2 Å². The van der Waals surface area contributed by atoms with Crippen LogP contribution >= 0.6 is 34.3 Å². The predicted molar refractivity (Wildman–Crippen MR) is 265 cm³/mol. The number of hydrogen-bond acceptors (Lipinski definition) is 13. The number of carbonyl (C=O) groups excluding carboxylic acids is 4. The molecule has 4 atom stereocenters. The molecule has 0 radical (unpaired) electrons. The Morgan fingerprint density at radius 2 is 1.70 bits per heavy atom. The van der Waals surface area contributed by atoms with Crippen molar-refractivity contribution in [3.8, 4) is 15.4 Å². The highest BCUT2D eigenvalue weighted by Gasteiger charge is 2.45. The summed E-state index contributed by atoms with van der Waals surface area (Å²) in [4.78, 5) is 67.8. The average Bonchev–Trinajstić information content (AvgIpc) is 4.16. The van der Waals surface area contributed by atoms with E-state index >= 15 is 0 Å². The summed E-state index contributed by atoms with van der Waals surface area (Å²) in [6.45, 7) is 14.8. The molecule has 0 saturated carbocycles. The third kappa shape index (κ3) is 11.0. The molecule has 2 aromatic carbocycles. The van der Waals surface area contributed by atoms with Crippen molar-refractivity contribution in [1.82, 2.24) is 50.4 Å². The number of thiazole rings is 1. The molecule has 17 nitrogen and oxygen atoms in total. The van der Waals surface area contributed by atoms with Gasteiger partial charge in [0.1, 0.15) is 34.6 Å². The fourth-order valence-electron chi connectivity index (χ4n) is 8.50. The van der Waals surface area contributed by atoms with Gasteiger partial charge in [0, 0.05) is 53.3 Å². The number of fused-ring (bicyclic) bond motifs is 3. The fraction of sp³-hybridized carbons (Fsp3) is 0.408. The molecule has 1 saturated heterocycles. The first-order chi connectivity index (χ1) is 33.0. The molecule has 4 N–H and O–H groups in total. The van der Waals surface area contributed by atoms with Crippen LogP contribution in [0.25, 0.3) is 15.4 Å². The van der Waals surface area contributed by atoms with E-state index < -0.39 is 41.5 Å². The van der Waals surface area contributed by atoms with Crippen molar-refractivity contribution in [1.29, 1.82) is 0 Å². The third-order valence-corrected chi connectivity index (χ3v) is 14.7. The number of hydrogen-bond donors (Lipinski definition) is 4. The number of nitrogens with one attached hydrogen (secondary N) is 3. The molecule has 6 aromatic rings. The molecule has 0 aliphatic carbocycles. The fourth-order valence-corrected chi connectivity index (χ4v) is 10.6. The Kier molecular flexibility index (Phi) is 14.9. The first-order valence-electron chi connectivity index (χ1n) is 22.8. The van der Waals surface area contributed by atoms with Gasteiger partial charge in [-0.2, -0.15) is 5.10 Å². The summed E-state index contributed by atoms with van der Waals surface area (Å²) >= 11 is 9.46. The zero-order valence-corrected chi connectivity index (χ0v) is 42.0. The highest BCUT2D eigenvalue weighted by atomic mass is 35.5. The monoisotopic (exact) mass is 993 g/mol. The van der Waals surface area contributed by atoms with Gasteiger partial charge >= 0.3 is 0 Å². The lowest BCUT2D eigenvalue weighted by atomic mass is 9.85. The SMILES string of the molecule is Cc1ncsc1-c1ccc(CNC(=O)[C@@H]2C[C@@H](O)CN2C(=O)C(NC(=O)c2ccn(CCOCCNC(=O)C[C@@H]3N=C(c4ccc(Cl)cc4)c4c(sc(C)c4C)-n4c(C)nnc43)n2)C(C)(C)C)cc1. The Morgan fingerprint density at radius 3 is 2.41 bits per heavy atom. The number of aliphatic hydroxyl groups is 1. The van der Waals surface area contributed by atoms with E-state index in [-0.39, 0.29) is 63.2 Å². The quantitative estimate of drug-likeness (QED) is 0.0822. The summed E-state index contributed by atoms with van der Waals surface area (Å²) in [5.41, 5.74) is 7.79. The maximum atomic E-state index is 14.2. The number of amides is 4. The second kappa shape index (κ2) is 20.9. The number of aliphatic hydroxyl groups excluding tert-OH is 1. The number of nitrogens with zero attached hydrogens (tertiary/aromatic N) is 8. The molecule has 1 fully saturated rings. The van der Waals surface area contributed by atoms with Crippen molar-refractivity contribution in [2.24, 2.45) is 10.4 Å². The second-order valence-corrected chi connectivity index (χ2v) is 20.9. The lowest BCUT2D eigenvalue weighted by Gasteiger charge is -2.35. The van der Waals surface area contributed by atoms with Gasteiger partial charge in [-0.3, -0.25) is 33.4 Å². The molecule has 2 aliphatic heterocycles. The largest absolute Gasteiger partial charge is 0.391 e. The number of aromatic nitrogens is 6. The Hall–Kier alpha value is -6.12. The van der Waals surface area contributed by atoms with Gasteiger partial charge in [0.2, 0.25) is 17.7 Å². The number of β-amino-alcohol motifs (C(OH)–C–C–N with tert-alkyl or cyclic N) is 1. The minimum atomic E-state index is -1.03. The molecular formula is C49H56ClN11O6S2. The van der Waals surface area contributed by atoms with Crippen LogP contribution in [0, 0.1) is 33.1 Å². The van der Waals surface area contributed by atoms with Crippen molar-refractivity contribution in [2.45, 2.75) is 98.6 Å². The van der Waals surface area contributed by atoms with E-state index in [9.17, 15) is 24.3 Å².